The summed E-state index contributed by atoms with van der Waals surface area (Å²) in [6, 6.07) is 10.7. The number of para-hydroxylation sites is 1. The molecule has 0 aliphatic carbocycles. The lowest BCUT2D eigenvalue weighted by Gasteiger charge is -2.16. The zero-order valence-corrected chi connectivity index (χ0v) is 16.7. The molecule has 0 fully saturated rings. The van der Waals surface area contributed by atoms with Crippen molar-refractivity contribution in [1.82, 2.24) is 14.5 Å². The van der Waals surface area contributed by atoms with Crippen LogP contribution in [-0.2, 0) is 4.79 Å². The van der Waals surface area contributed by atoms with Crippen LogP contribution in [0.3, 0.4) is 0 Å². The Morgan fingerprint density at radius 1 is 1.27 bits per heavy atom. The van der Waals surface area contributed by atoms with Gasteiger partial charge in [0.05, 0.1) is 16.7 Å². The zero-order valence-electron chi connectivity index (χ0n) is 14.3. The number of anilines is 1. The number of pyridine rings is 1. The molecule has 3 aromatic rings. The molecule has 0 saturated carbocycles. The van der Waals surface area contributed by atoms with Gasteiger partial charge in [0, 0.05) is 16.7 Å². The molecule has 0 radical (unpaired) electrons. The van der Waals surface area contributed by atoms with Gasteiger partial charge in [-0.05, 0) is 54.0 Å². The van der Waals surface area contributed by atoms with Crippen LogP contribution in [-0.4, -0.2) is 26.2 Å². The van der Waals surface area contributed by atoms with E-state index < -0.39 is 0 Å². The van der Waals surface area contributed by atoms with E-state index in [2.05, 4.69) is 31.2 Å². The van der Waals surface area contributed by atoms with Gasteiger partial charge in [-0.1, -0.05) is 23.9 Å². The Morgan fingerprint density at radius 3 is 2.73 bits per heavy atom. The molecule has 134 valence electrons. The number of nitrogens with zero attached hydrogens (tertiary/aromatic N) is 3. The van der Waals surface area contributed by atoms with E-state index >= 15 is 0 Å². The number of hydrogen-bond donors (Lipinski definition) is 1. The molecule has 0 spiro atoms. The molecular formula is C18H17BrN4O2S. The van der Waals surface area contributed by atoms with E-state index in [0.717, 1.165) is 4.47 Å². The average Bonchev–Trinajstić information content (AvgIpc) is 2.61. The Kier molecular flexibility index (Phi) is 5.73. The van der Waals surface area contributed by atoms with E-state index in [1.807, 2.05) is 26.0 Å². The molecule has 1 N–H and O–H groups in total. The average molecular weight is 433 g/mol. The molecule has 0 saturated heterocycles. The first-order chi connectivity index (χ1) is 12.5. The first-order valence-electron chi connectivity index (χ1n) is 8.01. The van der Waals surface area contributed by atoms with Crippen molar-refractivity contribution in [3.05, 3.63) is 57.4 Å². The van der Waals surface area contributed by atoms with Gasteiger partial charge in [0.2, 0.25) is 5.91 Å². The minimum Gasteiger partial charge on any atom is -0.310 e. The van der Waals surface area contributed by atoms with Crippen LogP contribution in [0.1, 0.15) is 19.9 Å². The molecule has 1 aromatic carbocycles. The third-order valence-corrected chi connectivity index (χ3v) is 5.04. The fraction of sp³-hybridized carbons (Fsp3) is 0.222. The van der Waals surface area contributed by atoms with E-state index in [0.29, 0.717) is 21.9 Å². The van der Waals surface area contributed by atoms with Crippen molar-refractivity contribution in [2.75, 3.05) is 11.1 Å². The molecule has 6 nitrogen and oxygen atoms in total. The van der Waals surface area contributed by atoms with Crippen molar-refractivity contribution in [1.29, 1.82) is 0 Å². The maximum Gasteiger partial charge on any atom is 0.262 e. The number of amides is 1. The molecule has 0 unspecified atom stereocenters. The molecule has 1 amide bonds. The van der Waals surface area contributed by atoms with Crippen LogP contribution in [0, 0.1) is 0 Å². The Balaban J connectivity index is 1.81. The second kappa shape index (κ2) is 8.01. The van der Waals surface area contributed by atoms with E-state index in [-0.39, 0.29) is 23.3 Å². The number of carbonyl (C=O) groups is 1. The van der Waals surface area contributed by atoms with Crippen LogP contribution < -0.4 is 10.9 Å². The number of carbonyl (C=O) groups excluding carboxylic acids is 1. The number of fused-ring (bicyclic) bond motifs is 1. The van der Waals surface area contributed by atoms with Gasteiger partial charge in [-0.25, -0.2) is 9.97 Å². The minimum atomic E-state index is -0.206. The molecule has 0 atom stereocenters. The lowest BCUT2D eigenvalue weighted by Crippen LogP contribution is -2.25. The number of rotatable bonds is 5. The van der Waals surface area contributed by atoms with Crippen molar-refractivity contribution >= 4 is 50.3 Å². The molecule has 0 aliphatic rings. The van der Waals surface area contributed by atoms with Gasteiger partial charge in [-0.2, -0.15) is 0 Å². The first-order valence-corrected chi connectivity index (χ1v) is 9.79. The molecule has 26 heavy (non-hydrogen) atoms. The van der Waals surface area contributed by atoms with Crippen LogP contribution in [0.15, 0.2) is 57.0 Å². The third kappa shape index (κ3) is 4.13. The fourth-order valence-corrected chi connectivity index (χ4v) is 3.60. The van der Waals surface area contributed by atoms with Crippen molar-refractivity contribution in [2.24, 2.45) is 0 Å². The van der Waals surface area contributed by atoms with E-state index in [9.17, 15) is 9.59 Å². The Morgan fingerprint density at radius 2 is 2.04 bits per heavy atom. The predicted molar refractivity (Wildman–Crippen MR) is 108 cm³/mol. The summed E-state index contributed by atoms with van der Waals surface area (Å²) in [5.41, 5.74) is 0.537. The topological polar surface area (TPSA) is 76.9 Å². The number of hydrogen-bond acceptors (Lipinski definition) is 5. The predicted octanol–water partition coefficient (Wildman–Crippen LogP) is 3.87. The molecule has 2 aromatic heterocycles. The summed E-state index contributed by atoms with van der Waals surface area (Å²) >= 11 is 4.54. The highest BCUT2D eigenvalue weighted by molar-refractivity contribution is 9.10. The monoisotopic (exact) mass is 432 g/mol. The van der Waals surface area contributed by atoms with Gasteiger partial charge < -0.3 is 5.32 Å². The minimum absolute atomic E-state index is 0.0571. The molecule has 0 bridgehead atoms. The van der Waals surface area contributed by atoms with Gasteiger partial charge in [0.15, 0.2) is 5.16 Å². The number of nitrogens with one attached hydrogen (secondary N) is 1. The lowest BCUT2D eigenvalue weighted by atomic mass is 10.2. The van der Waals surface area contributed by atoms with Crippen LogP contribution in [0.2, 0.25) is 0 Å². The second-order valence-electron chi connectivity index (χ2n) is 5.88. The number of thioether (sulfide) groups is 1. The van der Waals surface area contributed by atoms with Crippen molar-refractivity contribution < 1.29 is 4.79 Å². The van der Waals surface area contributed by atoms with Gasteiger partial charge in [-0.15, -0.1) is 0 Å². The van der Waals surface area contributed by atoms with Crippen molar-refractivity contribution in [3.63, 3.8) is 0 Å². The molecule has 3 rings (SSSR count). The van der Waals surface area contributed by atoms with Gasteiger partial charge in [-0.3, -0.25) is 14.2 Å². The quantitative estimate of drug-likeness (QED) is 0.489. The summed E-state index contributed by atoms with van der Waals surface area (Å²) < 4.78 is 2.46. The summed E-state index contributed by atoms with van der Waals surface area (Å²) in [5.74, 6) is 0.406. The largest absolute Gasteiger partial charge is 0.310 e. The Labute approximate surface area is 163 Å². The third-order valence-electron chi connectivity index (χ3n) is 3.62. The summed E-state index contributed by atoms with van der Waals surface area (Å²) in [5, 5.41) is 3.84. The Hall–Kier alpha value is -2.19. The first kappa shape index (κ1) is 18.6. The summed E-state index contributed by atoms with van der Waals surface area (Å²) in [6.45, 7) is 3.85. The maximum atomic E-state index is 12.8. The SMILES string of the molecule is CC(C)n1c(SCC(=O)Nc2ccc(Br)cn2)nc2ccccc2c1=O. The van der Waals surface area contributed by atoms with Crippen LogP contribution in [0.4, 0.5) is 5.82 Å². The standard InChI is InChI=1S/C18H17BrN4O2S/c1-11(2)23-17(25)13-5-3-4-6-14(13)21-18(23)26-10-16(24)22-15-8-7-12(19)9-20-15/h3-9,11H,10H2,1-2H3,(H,20,22,24). The zero-order chi connectivity index (χ0) is 18.7. The second-order valence-corrected chi connectivity index (χ2v) is 7.74. The highest BCUT2D eigenvalue weighted by atomic mass is 79.9. The summed E-state index contributed by atoms with van der Waals surface area (Å²) in [6.07, 6.45) is 1.62. The summed E-state index contributed by atoms with van der Waals surface area (Å²) in [7, 11) is 0. The normalized spacial score (nSPS) is 11.1. The van der Waals surface area contributed by atoms with Crippen molar-refractivity contribution in [2.45, 2.75) is 25.0 Å². The van der Waals surface area contributed by atoms with E-state index in [4.69, 9.17) is 0 Å². The smallest absolute Gasteiger partial charge is 0.262 e. The van der Waals surface area contributed by atoms with Gasteiger partial charge >= 0.3 is 0 Å². The van der Waals surface area contributed by atoms with E-state index in [1.54, 1.807) is 35.0 Å². The molecule has 0 aliphatic heterocycles. The fourth-order valence-electron chi connectivity index (χ4n) is 2.44. The number of benzene rings is 1. The maximum absolute atomic E-state index is 12.8. The number of halogens is 1. The van der Waals surface area contributed by atoms with E-state index in [1.165, 1.54) is 11.8 Å². The van der Waals surface area contributed by atoms with Crippen LogP contribution in [0.25, 0.3) is 10.9 Å². The molecule has 2 heterocycles. The van der Waals surface area contributed by atoms with Crippen LogP contribution >= 0.6 is 27.7 Å². The van der Waals surface area contributed by atoms with Crippen LogP contribution in [0.5, 0.6) is 0 Å². The molecular weight excluding hydrogens is 416 g/mol. The van der Waals surface area contributed by atoms with Gasteiger partial charge in [0.25, 0.3) is 5.56 Å². The highest BCUT2D eigenvalue weighted by Crippen LogP contribution is 2.21. The summed E-state index contributed by atoms with van der Waals surface area (Å²) in [4.78, 5) is 33.6. The lowest BCUT2D eigenvalue weighted by molar-refractivity contribution is -0.113. The highest BCUT2D eigenvalue weighted by Gasteiger charge is 2.15. The Bertz CT molecular complexity index is 1000. The van der Waals surface area contributed by atoms with Gasteiger partial charge in [0.1, 0.15) is 5.82 Å². The van der Waals surface area contributed by atoms with Crippen molar-refractivity contribution in [3.8, 4) is 0 Å². The molecule has 8 heteroatoms. The number of aromatic nitrogens is 3.